The predicted molar refractivity (Wildman–Crippen MR) is 23.4 cm³/mol. The summed E-state index contributed by atoms with van der Waals surface area (Å²) in [5, 5.41) is 17.2. The van der Waals surface area contributed by atoms with Gasteiger partial charge in [-0.2, -0.15) is 0 Å². The van der Waals surface area contributed by atoms with Crippen molar-refractivity contribution in [2.45, 2.75) is 19.4 Å². The largest absolute Gasteiger partial charge is 0.393 e. The van der Waals surface area contributed by atoms with Crippen molar-refractivity contribution >= 4 is 0 Å². The Hall–Kier alpha value is -0.0800. The van der Waals surface area contributed by atoms with E-state index in [0.717, 1.165) is 0 Å². The summed E-state index contributed by atoms with van der Waals surface area (Å²) in [5.41, 5.74) is -1.67. The summed E-state index contributed by atoms with van der Waals surface area (Å²) in [4.78, 5) is 0. The molecule has 0 unspecified atom stereocenters. The van der Waals surface area contributed by atoms with E-state index in [9.17, 15) is 0 Å². The van der Waals surface area contributed by atoms with Crippen LogP contribution >= 0.6 is 0 Å². The summed E-state index contributed by atoms with van der Waals surface area (Å²) in [5.74, 6) is 0. The molecule has 2 N–H and O–H groups in total. The van der Waals surface area contributed by atoms with E-state index in [1.54, 1.807) is 0 Å². The molecule has 2 heteroatoms. The second-order valence-electron chi connectivity index (χ2n) is 1.67. The van der Waals surface area contributed by atoms with Crippen molar-refractivity contribution in [2.75, 3.05) is 6.56 Å². The molecule has 0 atom stereocenters. The van der Waals surface area contributed by atoms with Crippen LogP contribution in [-0.4, -0.2) is 22.4 Å². The predicted octanol–water partition coefficient (Wildman–Crippen LogP) is -0.250. The van der Waals surface area contributed by atoms with Crippen LogP contribution in [0, 0.1) is 0 Å². The number of hydrogen-bond donors (Lipinski definition) is 2. The fourth-order valence-electron chi connectivity index (χ4n) is 0. The maximum Gasteiger partial charge on any atom is 0.0821 e. The lowest BCUT2D eigenvalue weighted by atomic mass is 10.2. The van der Waals surface area contributed by atoms with Crippen LogP contribution in [0.15, 0.2) is 0 Å². The van der Waals surface area contributed by atoms with Gasteiger partial charge < -0.3 is 10.2 Å². The molecule has 0 aliphatic heterocycles. The topological polar surface area (TPSA) is 40.5 Å². The molecule has 0 saturated carbocycles. The molecule has 0 aromatic heterocycles. The molecule has 0 saturated heterocycles. The molecular formula is C4H10O2. The van der Waals surface area contributed by atoms with Crippen LogP contribution in [-0.2, 0) is 0 Å². The van der Waals surface area contributed by atoms with E-state index in [-0.39, 0.29) is 0 Å². The van der Waals surface area contributed by atoms with Crippen LogP contribution in [0.2, 0.25) is 0 Å². The summed E-state index contributed by atoms with van der Waals surface area (Å²) in [6.07, 6.45) is 0. The molecule has 0 aliphatic carbocycles. The van der Waals surface area contributed by atoms with Crippen LogP contribution in [0.5, 0.6) is 0 Å². The lowest BCUT2D eigenvalue weighted by molar-refractivity contribution is 0.0183. The molecule has 0 aromatic rings. The average molecular weight is 92.1 g/mol. The third kappa shape index (κ3) is 3.92. The van der Waals surface area contributed by atoms with Gasteiger partial charge in [-0.25, -0.2) is 0 Å². The fraction of sp³-hybridized carbons (Fsp3) is 1.00. The first kappa shape index (κ1) is 2.99. The highest BCUT2D eigenvalue weighted by Crippen LogP contribution is 1.95. The Morgan fingerprint density at radius 3 is 2.00 bits per heavy atom. The van der Waals surface area contributed by atoms with Crippen molar-refractivity contribution in [3.05, 3.63) is 0 Å². The minimum absolute atomic E-state index is 1.20. The second kappa shape index (κ2) is 1.58. The smallest absolute Gasteiger partial charge is 0.0821 e. The van der Waals surface area contributed by atoms with Crippen LogP contribution in [0.25, 0.3) is 0 Å². The monoisotopic (exact) mass is 92.1 g/mol. The number of rotatable bonds is 1. The Morgan fingerprint density at radius 1 is 1.83 bits per heavy atom. The van der Waals surface area contributed by atoms with Gasteiger partial charge in [0, 0.05) is 0 Å². The molecule has 0 spiro atoms. The van der Waals surface area contributed by atoms with Gasteiger partial charge in [0.15, 0.2) is 0 Å². The van der Waals surface area contributed by atoms with Gasteiger partial charge in [0.2, 0.25) is 0 Å². The molecule has 38 valence electrons. The van der Waals surface area contributed by atoms with Crippen LogP contribution < -0.4 is 0 Å². The fourth-order valence-corrected chi connectivity index (χ4v) is 0. The van der Waals surface area contributed by atoms with E-state index >= 15 is 0 Å². The molecule has 0 amide bonds. The lowest BCUT2D eigenvalue weighted by Crippen LogP contribution is -2.23. The molecule has 0 rings (SSSR count). The number of hydrogen-bond acceptors (Lipinski definition) is 2. The highest BCUT2D eigenvalue weighted by atomic mass is 16.3. The maximum absolute atomic E-state index is 8.73. The van der Waals surface area contributed by atoms with Crippen molar-refractivity contribution in [2.24, 2.45) is 0 Å². The van der Waals surface area contributed by atoms with Gasteiger partial charge in [-0.05, 0) is 13.8 Å². The van der Waals surface area contributed by atoms with E-state index in [0.29, 0.717) is 0 Å². The van der Waals surface area contributed by atoms with Gasteiger partial charge in [-0.3, -0.25) is 0 Å². The summed E-state index contributed by atoms with van der Waals surface area (Å²) in [6.45, 7) is -0.104. The third-order valence-electron chi connectivity index (χ3n) is 0.274. The molecule has 0 radical (unpaired) electrons. The van der Waals surface area contributed by atoms with Gasteiger partial charge >= 0.3 is 0 Å². The molecule has 0 aliphatic rings. The first-order chi connectivity index (χ1) is 3.25. The summed E-state index contributed by atoms with van der Waals surface area (Å²) in [6, 6.07) is 0. The zero-order valence-corrected chi connectivity index (χ0v) is 3.89. The molecule has 2 nitrogen and oxygen atoms in total. The van der Waals surface area contributed by atoms with Crippen LogP contribution in [0.1, 0.15) is 16.6 Å². The van der Waals surface area contributed by atoms with E-state index in [2.05, 4.69) is 0 Å². The first-order valence-electron chi connectivity index (χ1n) is 2.70. The first-order valence-corrected chi connectivity index (χ1v) is 1.70. The van der Waals surface area contributed by atoms with Gasteiger partial charge in [0.05, 0.1) is 14.9 Å². The molecule has 0 bridgehead atoms. The Morgan fingerprint density at radius 2 is 2.00 bits per heavy atom. The molecular weight excluding hydrogens is 80.0 g/mol. The van der Waals surface area contributed by atoms with E-state index in [1.807, 2.05) is 0 Å². The van der Waals surface area contributed by atoms with Crippen LogP contribution in [0.3, 0.4) is 0 Å². The summed E-state index contributed by atoms with van der Waals surface area (Å²) in [7, 11) is 0. The van der Waals surface area contributed by atoms with Crippen molar-refractivity contribution in [3.63, 3.8) is 0 Å². The zero-order chi connectivity index (χ0) is 7.00. The molecule has 6 heavy (non-hydrogen) atoms. The lowest BCUT2D eigenvalue weighted by Gasteiger charge is -2.10. The Kier molecular flexibility index (Phi) is 0.787. The highest BCUT2D eigenvalue weighted by molar-refractivity contribution is 4.59. The Bertz CT molecular complexity index is 67.0. The Balaban J connectivity index is 4.02. The van der Waals surface area contributed by atoms with E-state index in [4.69, 9.17) is 13.0 Å². The normalized spacial score (nSPS) is 19.3. The summed E-state index contributed by atoms with van der Waals surface area (Å²) < 4.78 is 13.1. The van der Waals surface area contributed by atoms with Crippen molar-refractivity contribution in [1.82, 2.24) is 0 Å². The van der Waals surface area contributed by atoms with Gasteiger partial charge in [0.1, 0.15) is 0 Å². The third-order valence-corrected chi connectivity index (χ3v) is 0.274. The molecule has 0 aromatic carbocycles. The van der Waals surface area contributed by atoms with E-state index < -0.39 is 12.2 Å². The maximum atomic E-state index is 8.73. The minimum Gasteiger partial charge on any atom is -0.393 e. The quantitative estimate of drug-likeness (QED) is 0.468. The average Bonchev–Trinajstić information content (AvgIpc) is 1.25. The SMILES string of the molecule is [2H]C([2H])(O)C(C)(C)O. The van der Waals surface area contributed by atoms with Gasteiger partial charge in [-0.1, -0.05) is 0 Å². The van der Waals surface area contributed by atoms with Gasteiger partial charge in [-0.15, -0.1) is 0 Å². The van der Waals surface area contributed by atoms with Crippen LogP contribution in [0.4, 0.5) is 0 Å². The zero-order valence-electron chi connectivity index (χ0n) is 5.89. The highest BCUT2D eigenvalue weighted by Gasteiger charge is 2.07. The summed E-state index contributed by atoms with van der Waals surface area (Å²) >= 11 is 0. The van der Waals surface area contributed by atoms with Crippen molar-refractivity contribution < 1.29 is 13.0 Å². The van der Waals surface area contributed by atoms with Crippen molar-refractivity contribution in [3.8, 4) is 0 Å². The van der Waals surface area contributed by atoms with E-state index in [1.165, 1.54) is 13.8 Å². The molecule has 0 heterocycles. The molecule has 0 fully saturated rings. The van der Waals surface area contributed by atoms with Crippen molar-refractivity contribution in [1.29, 1.82) is 0 Å². The standard InChI is InChI=1S/C4H10O2/c1-4(2,6)3-5/h5-6H,3H2,1-2H3/i3D2. The minimum atomic E-state index is -2.51. The Labute approximate surface area is 40.2 Å². The number of aliphatic hydroxyl groups is 2. The second-order valence-corrected chi connectivity index (χ2v) is 1.67. The van der Waals surface area contributed by atoms with Gasteiger partial charge in [0.25, 0.3) is 0 Å².